The molecule has 0 aliphatic rings. The lowest BCUT2D eigenvalue weighted by atomic mass is 9.98. The Bertz CT molecular complexity index is 1150. The van der Waals surface area contributed by atoms with Crippen molar-refractivity contribution in [1.82, 2.24) is 0 Å². The van der Waals surface area contributed by atoms with Gasteiger partial charge in [-0.3, -0.25) is 4.79 Å². The number of halogens is 1. The molecule has 5 N–H and O–H groups in total. The first kappa shape index (κ1) is 22.1. The van der Waals surface area contributed by atoms with E-state index in [0.29, 0.717) is 16.7 Å². The molecule has 0 aliphatic carbocycles. The van der Waals surface area contributed by atoms with Crippen LogP contribution in [0.1, 0.15) is 45.6 Å². The molecule has 8 heteroatoms. The van der Waals surface area contributed by atoms with E-state index in [-0.39, 0.29) is 40.3 Å². The number of phenols is 1. The van der Waals surface area contributed by atoms with Crippen LogP contribution in [0.5, 0.6) is 11.5 Å². The van der Waals surface area contributed by atoms with Gasteiger partial charge >= 0.3 is 0 Å². The number of aromatic hydroxyl groups is 1. The molecule has 0 spiro atoms. The summed E-state index contributed by atoms with van der Waals surface area (Å²) in [4.78, 5) is 11.5. The highest BCUT2D eigenvalue weighted by molar-refractivity contribution is 6.34. The van der Waals surface area contributed by atoms with Crippen molar-refractivity contribution in [2.75, 3.05) is 0 Å². The number of phenolic OH excluding ortho intramolecular Hbond substituents is 1. The van der Waals surface area contributed by atoms with Gasteiger partial charge in [0, 0.05) is 5.56 Å². The van der Waals surface area contributed by atoms with Crippen molar-refractivity contribution < 1.29 is 25.0 Å². The first-order valence-corrected chi connectivity index (χ1v) is 9.69. The highest BCUT2D eigenvalue weighted by Gasteiger charge is 2.16. The van der Waals surface area contributed by atoms with Crippen molar-refractivity contribution in [2.24, 2.45) is 10.9 Å². The molecule has 0 fully saturated rings. The zero-order chi connectivity index (χ0) is 22.5. The third kappa shape index (κ3) is 4.96. The van der Waals surface area contributed by atoms with E-state index >= 15 is 0 Å². The summed E-state index contributed by atoms with van der Waals surface area (Å²) < 4.78 is 5.70. The first-order chi connectivity index (χ1) is 14.8. The van der Waals surface area contributed by atoms with E-state index < -0.39 is 6.10 Å². The molecule has 1 atom stereocenters. The topological polar surface area (TPSA) is 125 Å². The standard InChI is InChI=1S/C23H21ClN2O5/c1-13(27)18-8-9-19(20(24)22(18)29)31-12-14-4-2-5-15(10-14)21(28)16-6-3-7-17(11-16)23(25)26-30/h2-11,21,28-30H,12H2,1H3,(H2,25,26). The zero-order valence-electron chi connectivity index (χ0n) is 16.6. The Morgan fingerprint density at radius 1 is 1.13 bits per heavy atom. The van der Waals surface area contributed by atoms with E-state index in [1.807, 2.05) is 6.07 Å². The molecule has 0 aromatic heterocycles. The Kier molecular flexibility index (Phi) is 6.79. The molecule has 0 heterocycles. The molecular formula is C23H21ClN2O5. The van der Waals surface area contributed by atoms with E-state index in [2.05, 4.69) is 5.16 Å². The minimum Gasteiger partial charge on any atom is -0.505 e. The molecule has 3 rings (SSSR count). The second kappa shape index (κ2) is 9.51. The van der Waals surface area contributed by atoms with Gasteiger partial charge in [0.2, 0.25) is 0 Å². The molecule has 0 amide bonds. The second-order valence-electron chi connectivity index (χ2n) is 6.88. The summed E-state index contributed by atoms with van der Waals surface area (Å²) in [7, 11) is 0. The smallest absolute Gasteiger partial charge is 0.170 e. The van der Waals surface area contributed by atoms with Gasteiger partial charge in [0.25, 0.3) is 0 Å². The summed E-state index contributed by atoms with van der Waals surface area (Å²) in [6.45, 7) is 1.46. The maximum atomic E-state index is 11.5. The summed E-state index contributed by atoms with van der Waals surface area (Å²) in [5.41, 5.74) is 8.20. The quantitative estimate of drug-likeness (QED) is 0.145. The van der Waals surface area contributed by atoms with Crippen LogP contribution < -0.4 is 10.5 Å². The number of carbonyl (C=O) groups is 1. The number of oxime groups is 1. The number of rotatable bonds is 7. The van der Waals surface area contributed by atoms with Gasteiger partial charge in [-0.2, -0.15) is 0 Å². The average Bonchev–Trinajstić information content (AvgIpc) is 2.79. The highest BCUT2D eigenvalue weighted by atomic mass is 35.5. The fourth-order valence-electron chi connectivity index (χ4n) is 3.07. The Balaban J connectivity index is 1.78. The molecule has 31 heavy (non-hydrogen) atoms. The first-order valence-electron chi connectivity index (χ1n) is 9.31. The Hall–Kier alpha value is -3.55. The molecule has 160 valence electrons. The van der Waals surface area contributed by atoms with Gasteiger partial charge in [-0.15, -0.1) is 0 Å². The maximum absolute atomic E-state index is 11.5. The lowest BCUT2D eigenvalue weighted by Gasteiger charge is -2.15. The van der Waals surface area contributed by atoms with Crippen molar-refractivity contribution >= 4 is 23.2 Å². The summed E-state index contributed by atoms with van der Waals surface area (Å²) >= 11 is 6.12. The van der Waals surface area contributed by atoms with Gasteiger partial charge < -0.3 is 25.9 Å². The molecule has 0 saturated carbocycles. The van der Waals surface area contributed by atoms with Gasteiger partial charge in [-0.25, -0.2) is 0 Å². The van der Waals surface area contributed by atoms with Gasteiger partial charge in [0.05, 0.1) is 5.56 Å². The largest absolute Gasteiger partial charge is 0.505 e. The molecule has 0 radical (unpaired) electrons. The minimum absolute atomic E-state index is 0.0381. The molecule has 0 saturated heterocycles. The van der Waals surface area contributed by atoms with Crippen molar-refractivity contribution in [1.29, 1.82) is 0 Å². The zero-order valence-corrected chi connectivity index (χ0v) is 17.4. The Morgan fingerprint density at radius 2 is 1.81 bits per heavy atom. The van der Waals surface area contributed by atoms with Gasteiger partial charge in [-0.05, 0) is 47.9 Å². The number of amidine groups is 1. The molecular weight excluding hydrogens is 420 g/mol. The lowest BCUT2D eigenvalue weighted by Crippen LogP contribution is -2.13. The molecule has 1 unspecified atom stereocenters. The number of ketones is 1. The number of nitrogens with zero attached hydrogens (tertiary/aromatic N) is 1. The Morgan fingerprint density at radius 3 is 2.48 bits per heavy atom. The van der Waals surface area contributed by atoms with Crippen molar-refractivity contribution in [3.8, 4) is 11.5 Å². The van der Waals surface area contributed by atoms with Crippen LogP contribution in [0.25, 0.3) is 0 Å². The summed E-state index contributed by atoms with van der Waals surface area (Å²) in [5, 5.41) is 32.6. The van der Waals surface area contributed by atoms with Crippen LogP contribution in [0.2, 0.25) is 5.02 Å². The molecule has 0 aliphatic heterocycles. The van der Waals surface area contributed by atoms with Crippen LogP contribution in [0.4, 0.5) is 0 Å². The fourth-order valence-corrected chi connectivity index (χ4v) is 3.29. The number of ether oxygens (including phenoxy) is 1. The van der Waals surface area contributed by atoms with Crippen LogP contribution >= 0.6 is 11.6 Å². The lowest BCUT2D eigenvalue weighted by molar-refractivity contribution is 0.101. The van der Waals surface area contributed by atoms with E-state index in [0.717, 1.165) is 5.56 Å². The summed E-state index contributed by atoms with van der Waals surface area (Å²) in [6, 6.07) is 16.9. The van der Waals surface area contributed by atoms with E-state index in [4.69, 9.17) is 27.3 Å². The number of aliphatic hydroxyl groups is 1. The number of carbonyl (C=O) groups excluding carboxylic acids is 1. The van der Waals surface area contributed by atoms with Gasteiger partial charge in [-0.1, -0.05) is 53.2 Å². The van der Waals surface area contributed by atoms with Crippen LogP contribution in [0, 0.1) is 0 Å². The van der Waals surface area contributed by atoms with Crippen LogP contribution in [0.15, 0.2) is 65.8 Å². The van der Waals surface area contributed by atoms with E-state index in [1.54, 1.807) is 42.5 Å². The summed E-state index contributed by atoms with van der Waals surface area (Å²) in [6.07, 6.45) is -0.936. The van der Waals surface area contributed by atoms with Crippen molar-refractivity contribution in [2.45, 2.75) is 19.6 Å². The fraction of sp³-hybridized carbons (Fsp3) is 0.130. The summed E-state index contributed by atoms with van der Waals surface area (Å²) in [5.74, 6) is -0.432. The van der Waals surface area contributed by atoms with Crippen molar-refractivity contribution in [3.63, 3.8) is 0 Å². The number of nitrogens with two attached hydrogens (primary N) is 1. The van der Waals surface area contributed by atoms with Crippen LogP contribution in [-0.2, 0) is 6.61 Å². The number of Topliss-reactive ketones (excluding diaryl/α,β-unsaturated/α-hetero) is 1. The van der Waals surface area contributed by atoms with Crippen LogP contribution in [0.3, 0.4) is 0 Å². The SMILES string of the molecule is CC(=O)c1ccc(OCc2cccc(C(O)c3cccc(/C(N)=N/O)c3)c2)c(Cl)c1O. The molecule has 3 aromatic rings. The monoisotopic (exact) mass is 440 g/mol. The predicted molar refractivity (Wildman–Crippen MR) is 117 cm³/mol. The molecule has 0 bridgehead atoms. The number of benzene rings is 3. The average molecular weight is 441 g/mol. The number of hydrogen-bond donors (Lipinski definition) is 4. The van der Waals surface area contributed by atoms with Gasteiger partial charge in [0.1, 0.15) is 29.2 Å². The van der Waals surface area contributed by atoms with Gasteiger partial charge in [0.15, 0.2) is 11.6 Å². The number of aliphatic hydroxyl groups excluding tert-OH is 1. The second-order valence-corrected chi connectivity index (χ2v) is 7.25. The predicted octanol–water partition coefficient (Wildman–Crippen LogP) is 4.00. The van der Waals surface area contributed by atoms with E-state index in [1.165, 1.54) is 19.1 Å². The third-order valence-electron chi connectivity index (χ3n) is 4.73. The normalized spacial score (nSPS) is 12.4. The van der Waals surface area contributed by atoms with Crippen molar-refractivity contribution in [3.05, 3.63) is 93.5 Å². The van der Waals surface area contributed by atoms with Crippen LogP contribution in [-0.4, -0.2) is 27.0 Å². The highest BCUT2D eigenvalue weighted by Crippen LogP contribution is 2.36. The van der Waals surface area contributed by atoms with E-state index in [9.17, 15) is 15.0 Å². The third-order valence-corrected chi connectivity index (χ3v) is 5.09. The molecule has 3 aromatic carbocycles. The maximum Gasteiger partial charge on any atom is 0.170 e. The number of hydrogen-bond acceptors (Lipinski definition) is 6. The molecule has 7 nitrogen and oxygen atoms in total. The Labute approximate surface area is 184 Å². The minimum atomic E-state index is -0.936.